The van der Waals surface area contributed by atoms with Crippen molar-refractivity contribution in [1.82, 2.24) is 5.32 Å². The lowest BCUT2D eigenvalue weighted by atomic mass is 10.2. The summed E-state index contributed by atoms with van der Waals surface area (Å²) in [4.78, 5) is 12.0. The number of hydrogen-bond donors (Lipinski definition) is 3. The summed E-state index contributed by atoms with van der Waals surface area (Å²) in [5, 5.41) is 19.1. The number of para-hydroxylation sites is 2. The van der Waals surface area contributed by atoms with Gasteiger partial charge in [-0.05, 0) is 40.9 Å². The first kappa shape index (κ1) is 17.3. The van der Waals surface area contributed by atoms with Crippen molar-refractivity contribution in [2.75, 3.05) is 18.5 Å². The molecule has 0 saturated carbocycles. The van der Waals surface area contributed by atoms with Crippen molar-refractivity contribution >= 4 is 23.1 Å². The van der Waals surface area contributed by atoms with Crippen LogP contribution in [0.4, 0.5) is 10.5 Å². The number of aliphatic hydroxyl groups excluding tert-OH is 1. The highest BCUT2D eigenvalue weighted by Gasteiger charge is 2.11. The molecule has 0 aliphatic rings. The summed E-state index contributed by atoms with van der Waals surface area (Å²) in [5.41, 5.74) is 1.42. The monoisotopic (exact) mass is 334 g/mol. The number of hydrogen-bond acceptors (Lipinski definition) is 4. The Morgan fingerprint density at radius 3 is 2.91 bits per heavy atom. The first-order valence-electron chi connectivity index (χ1n) is 7.67. The lowest BCUT2D eigenvalue weighted by Crippen LogP contribution is -2.32. The zero-order valence-corrected chi connectivity index (χ0v) is 13.9. The van der Waals surface area contributed by atoms with E-state index >= 15 is 0 Å². The molecule has 5 nitrogen and oxygen atoms in total. The average molecular weight is 334 g/mol. The van der Waals surface area contributed by atoms with E-state index in [-0.39, 0.29) is 12.6 Å². The van der Waals surface area contributed by atoms with Gasteiger partial charge in [-0.1, -0.05) is 25.5 Å². The summed E-state index contributed by atoms with van der Waals surface area (Å²) in [6.45, 7) is 2.87. The van der Waals surface area contributed by atoms with E-state index in [2.05, 4.69) is 17.6 Å². The zero-order valence-electron chi connectivity index (χ0n) is 13.1. The molecule has 1 heterocycles. The molecule has 0 fully saturated rings. The van der Waals surface area contributed by atoms with Crippen molar-refractivity contribution in [3.05, 3.63) is 46.7 Å². The Hall–Kier alpha value is -2.05. The molecule has 1 atom stereocenters. The van der Waals surface area contributed by atoms with E-state index in [9.17, 15) is 9.90 Å². The minimum absolute atomic E-state index is 0.154. The van der Waals surface area contributed by atoms with Crippen molar-refractivity contribution in [1.29, 1.82) is 0 Å². The summed E-state index contributed by atoms with van der Waals surface area (Å²) < 4.78 is 5.67. The highest BCUT2D eigenvalue weighted by atomic mass is 32.1. The summed E-state index contributed by atoms with van der Waals surface area (Å²) in [5.74, 6) is 0.648. The number of amides is 2. The number of nitrogens with one attached hydrogen (secondary N) is 2. The number of rotatable bonds is 8. The molecule has 2 rings (SSSR count). The number of benzene rings is 1. The van der Waals surface area contributed by atoms with Crippen LogP contribution in [-0.2, 0) is 0 Å². The molecule has 0 spiro atoms. The second kappa shape index (κ2) is 9.17. The summed E-state index contributed by atoms with van der Waals surface area (Å²) in [7, 11) is 0. The number of aliphatic hydroxyl groups is 1. The second-order valence-corrected chi connectivity index (χ2v) is 5.89. The van der Waals surface area contributed by atoms with Gasteiger partial charge in [-0.2, -0.15) is 11.3 Å². The molecule has 0 bridgehead atoms. The second-order valence-electron chi connectivity index (χ2n) is 5.11. The number of urea groups is 1. The van der Waals surface area contributed by atoms with Crippen molar-refractivity contribution in [2.45, 2.75) is 25.9 Å². The molecule has 0 radical (unpaired) electrons. The van der Waals surface area contributed by atoms with E-state index in [0.717, 1.165) is 18.4 Å². The van der Waals surface area contributed by atoms with Crippen molar-refractivity contribution in [2.24, 2.45) is 0 Å². The van der Waals surface area contributed by atoms with Gasteiger partial charge in [-0.25, -0.2) is 4.79 Å². The minimum Gasteiger partial charge on any atom is -0.491 e. The van der Waals surface area contributed by atoms with Gasteiger partial charge in [0.1, 0.15) is 5.75 Å². The fourth-order valence-electron chi connectivity index (χ4n) is 1.96. The highest BCUT2D eigenvalue weighted by molar-refractivity contribution is 7.07. The fourth-order valence-corrected chi connectivity index (χ4v) is 2.67. The topological polar surface area (TPSA) is 70.6 Å². The lowest BCUT2D eigenvalue weighted by molar-refractivity contribution is 0.175. The molecule has 0 saturated heterocycles. The molecule has 0 aliphatic carbocycles. The smallest absolute Gasteiger partial charge is 0.319 e. The van der Waals surface area contributed by atoms with Crippen LogP contribution in [0.2, 0.25) is 0 Å². The molecule has 1 aromatic carbocycles. The molecule has 2 amide bonds. The number of unbranched alkanes of at least 4 members (excludes halogenated alkanes) is 1. The lowest BCUT2D eigenvalue weighted by Gasteiger charge is -2.14. The van der Waals surface area contributed by atoms with Crippen molar-refractivity contribution in [3.63, 3.8) is 0 Å². The van der Waals surface area contributed by atoms with Crippen LogP contribution in [0.15, 0.2) is 41.1 Å². The van der Waals surface area contributed by atoms with Gasteiger partial charge in [-0.3, -0.25) is 0 Å². The largest absolute Gasteiger partial charge is 0.491 e. The van der Waals surface area contributed by atoms with Crippen molar-refractivity contribution in [3.8, 4) is 5.75 Å². The molecule has 1 aromatic heterocycles. The first-order valence-corrected chi connectivity index (χ1v) is 8.61. The molecule has 1 unspecified atom stereocenters. The minimum atomic E-state index is -0.706. The number of ether oxygens (including phenoxy) is 1. The third-order valence-electron chi connectivity index (χ3n) is 3.27. The number of anilines is 1. The van der Waals surface area contributed by atoms with Gasteiger partial charge in [0.15, 0.2) is 0 Å². The Morgan fingerprint density at radius 2 is 2.17 bits per heavy atom. The van der Waals surface area contributed by atoms with E-state index in [4.69, 9.17) is 4.74 Å². The highest BCUT2D eigenvalue weighted by Crippen LogP contribution is 2.24. The zero-order chi connectivity index (χ0) is 16.5. The molecule has 0 aliphatic heterocycles. The third-order valence-corrected chi connectivity index (χ3v) is 3.98. The predicted octanol–water partition coefficient (Wildman–Crippen LogP) is 3.78. The SMILES string of the molecule is CCCCOc1ccccc1NC(=O)NCC(O)c1ccsc1. The Labute approximate surface area is 140 Å². The predicted molar refractivity (Wildman–Crippen MR) is 93.1 cm³/mol. The first-order chi connectivity index (χ1) is 11.2. The quantitative estimate of drug-likeness (QED) is 0.643. The molecule has 3 N–H and O–H groups in total. The number of carbonyl (C=O) groups excluding carboxylic acids is 1. The summed E-state index contributed by atoms with van der Waals surface area (Å²) in [6, 6.07) is 8.78. The van der Waals surface area contributed by atoms with Gasteiger partial charge in [0, 0.05) is 6.54 Å². The maximum atomic E-state index is 12.0. The van der Waals surface area contributed by atoms with E-state index in [1.54, 1.807) is 6.07 Å². The van der Waals surface area contributed by atoms with Gasteiger partial charge in [0.2, 0.25) is 0 Å². The van der Waals surface area contributed by atoms with Gasteiger partial charge in [0.25, 0.3) is 0 Å². The van der Waals surface area contributed by atoms with Gasteiger partial charge < -0.3 is 20.5 Å². The van der Waals surface area contributed by atoms with Gasteiger partial charge in [-0.15, -0.1) is 0 Å². The van der Waals surface area contributed by atoms with E-state index in [0.29, 0.717) is 18.0 Å². The van der Waals surface area contributed by atoms with E-state index in [1.165, 1.54) is 11.3 Å². The molecule has 23 heavy (non-hydrogen) atoms. The standard InChI is InChI=1S/C17H22N2O3S/c1-2-3-9-22-16-7-5-4-6-14(16)19-17(21)18-11-15(20)13-8-10-23-12-13/h4-8,10,12,15,20H,2-3,9,11H2,1H3,(H2,18,19,21). The molecular formula is C17H22N2O3S. The Balaban J connectivity index is 1.85. The van der Waals surface area contributed by atoms with Crippen LogP contribution in [0.3, 0.4) is 0 Å². The molecular weight excluding hydrogens is 312 g/mol. The Morgan fingerprint density at radius 1 is 1.35 bits per heavy atom. The normalized spacial score (nSPS) is 11.7. The molecule has 6 heteroatoms. The summed E-state index contributed by atoms with van der Waals surface area (Å²) >= 11 is 1.51. The molecule has 124 valence electrons. The van der Waals surface area contributed by atoms with Crippen LogP contribution >= 0.6 is 11.3 Å². The van der Waals surface area contributed by atoms with Crippen molar-refractivity contribution < 1.29 is 14.6 Å². The Kier molecular flexibility index (Phi) is 6.90. The molecule has 2 aromatic rings. The average Bonchev–Trinajstić information content (AvgIpc) is 3.09. The van der Waals surface area contributed by atoms with Gasteiger partial charge in [0.05, 0.1) is 18.4 Å². The number of carbonyl (C=O) groups is 1. The van der Waals surface area contributed by atoms with E-state index in [1.807, 2.05) is 35.0 Å². The fraction of sp³-hybridized carbons (Fsp3) is 0.353. The van der Waals surface area contributed by atoms with Crippen LogP contribution in [0, 0.1) is 0 Å². The maximum Gasteiger partial charge on any atom is 0.319 e. The summed E-state index contributed by atoms with van der Waals surface area (Å²) in [6.07, 6.45) is 1.31. The van der Waals surface area contributed by atoms with Crippen LogP contribution < -0.4 is 15.4 Å². The van der Waals surface area contributed by atoms with Crippen LogP contribution in [-0.4, -0.2) is 24.3 Å². The van der Waals surface area contributed by atoms with E-state index < -0.39 is 6.10 Å². The van der Waals surface area contributed by atoms with Gasteiger partial charge >= 0.3 is 6.03 Å². The third kappa shape index (κ3) is 5.58. The van der Waals surface area contributed by atoms with Crippen LogP contribution in [0.25, 0.3) is 0 Å². The Bertz CT molecular complexity index is 602. The maximum absolute atomic E-state index is 12.0. The van der Waals surface area contributed by atoms with Crippen LogP contribution in [0.1, 0.15) is 31.4 Å². The van der Waals surface area contributed by atoms with Crippen LogP contribution in [0.5, 0.6) is 5.75 Å². The number of thiophene rings is 1.